The summed E-state index contributed by atoms with van der Waals surface area (Å²) in [5, 5.41) is 11.3. The van der Waals surface area contributed by atoms with Crippen LogP contribution in [0.4, 0.5) is 28.8 Å². The van der Waals surface area contributed by atoms with E-state index in [9.17, 15) is 18.0 Å². The number of aryl methyl sites for hydroxylation is 1. The molecule has 1 atom stereocenters. The maximum atomic E-state index is 13.9. The fourth-order valence-electron chi connectivity index (χ4n) is 5.74. The van der Waals surface area contributed by atoms with E-state index in [4.69, 9.17) is 9.72 Å². The van der Waals surface area contributed by atoms with E-state index in [2.05, 4.69) is 20.9 Å². The van der Waals surface area contributed by atoms with Crippen LogP contribution < -0.4 is 25.6 Å². The van der Waals surface area contributed by atoms with Gasteiger partial charge in [0.05, 0.1) is 35.3 Å². The Labute approximate surface area is 282 Å². The van der Waals surface area contributed by atoms with Crippen LogP contribution in [-0.4, -0.2) is 79.9 Å². The molecular weight excluding hydrogens is 653 g/mol. The molecule has 2 amide bonds. The molecule has 0 saturated carbocycles. The number of hydrogen-bond acceptors (Lipinski definition) is 11. The van der Waals surface area contributed by atoms with E-state index in [-0.39, 0.29) is 46.7 Å². The van der Waals surface area contributed by atoms with Gasteiger partial charge < -0.3 is 30.5 Å². The Kier molecular flexibility index (Phi) is 8.85. The summed E-state index contributed by atoms with van der Waals surface area (Å²) in [5.41, 5.74) is 3.74. The molecule has 5 aromatic rings. The lowest BCUT2D eigenvalue weighted by atomic mass is 10.1. The number of methoxy groups -OCH3 is 1. The molecule has 250 valence electrons. The molecule has 6 rings (SSSR count). The number of rotatable bonds is 10. The average molecular weight is 689 g/mol. The van der Waals surface area contributed by atoms with Gasteiger partial charge in [0, 0.05) is 25.0 Å². The molecule has 0 unspecified atom stereocenters. The largest absolute Gasteiger partial charge is 0.495 e. The van der Waals surface area contributed by atoms with Gasteiger partial charge in [-0.2, -0.15) is 9.97 Å². The van der Waals surface area contributed by atoms with Gasteiger partial charge in [-0.3, -0.25) is 9.59 Å². The Hall–Kier alpha value is -4.99. The lowest BCUT2D eigenvalue weighted by Gasteiger charge is -2.25. The van der Waals surface area contributed by atoms with E-state index in [1.165, 1.54) is 17.5 Å². The van der Waals surface area contributed by atoms with Crippen molar-refractivity contribution in [1.29, 1.82) is 0 Å². The molecule has 0 spiro atoms. The van der Waals surface area contributed by atoms with Crippen LogP contribution in [0.25, 0.3) is 11.0 Å². The van der Waals surface area contributed by atoms with Crippen LogP contribution in [0, 0.1) is 6.92 Å². The van der Waals surface area contributed by atoms with Crippen molar-refractivity contribution in [2.45, 2.75) is 31.2 Å². The first-order chi connectivity index (χ1) is 22.9. The molecule has 2 aromatic carbocycles. The molecule has 0 radical (unpaired) electrons. The number of carbonyl (C=O) groups is 2. The van der Waals surface area contributed by atoms with E-state index in [1.807, 2.05) is 45.0 Å². The van der Waals surface area contributed by atoms with Crippen molar-refractivity contribution in [3.63, 3.8) is 0 Å². The second-order valence-electron chi connectivity index (χ2n) is 11.8. The van der Waals surface area contributed by atoms with Crippen LogP contribution in [0.2, 0.25) is 0 Å². The smallest absolute Gasteiger partial charge is 0.269 e. The zero-order chi connectivity index (χ0) is 34.3. The Bertz CT molecular complexity index is 2140. The summed E-state index contributed by atoms with van der Waals surface area (Å²) in [5.74, 6) is 0.537. The number of anilines is 5. The zero-order valence-electron chi connectivity index (χ0n) is 27.4. The summed E-state index contributed by atoms with van der Waals surface area (Å²) in [6.45, 7) is 4.13. The molecule has 1 aliphatic heterocycles. The van der Waals surface area contributed by atoms with Gasteiger partial charge in [-0.25, -0.2) is 12.4 Å². The number of thiophene rings is 1. The standard InChI is InChI=1S/C33H36N8O5S2/c1-19-7-9-22(10-8-19)48(44,45)40-13-11-23-30(35-24-12-14-47-29(24)32(43)34-3)37-33(38-31(23)40)36-25-17-26-21(16-27(25)46-6)15-20(2)41(26)28(42)18-39(4)5/h7-14,16-17,20H,15,18H2,1-6H3,(H,34,43)(H2,35,36,37,38)/t20-/m0/s1. The highest BCUT2D eigenvalue weighted by atomic mass is 32.2. The predicted molar refractivity (Wildman–Crippen MR) is 188 cm³/mol. The third-order valence-corrected chi connectivity index (χ3v) is 10.6. The minimum absolute atomic E-state index is 0.0339. The number of fused-ring (bicyclic) bond motifs is 2. The SMILES string of the molecule is CNC(=O)c1sccc1Nc1nc(Nc2cc3c(cc2OC)C[C@H](C)N3C(=O)CN(C)C)nc2c1ccn2S(=O)(=O)c1ccc(C)cc1. The molecule has 3 aromatic heterocycles. The summed E-state index contributed by atoms with van der Waals surface area (Å²) in [4.78, 5) is 39.4. The second-order valence-corrected chi connectivity index (χ2v) is 14.5. The van der Waals surface area contributed by atoms with Gasteiger partial charge in [0.2, 0.25) is 11.9 Å². The van der Waals surface area contributed by atoms with E-state index in [0.717, 1.165) is 20.8 Å². The highest BCUT2D eigenvalue weighted by molar-refractivity contribution is 7.90. The molecule has 3 N–H and O–H groups in total. The number of carbonyl (C=O) groups excluding carboxylic acids is 2. The number of hydrogen-bond donors (Lipinski definition) is 3. The van der Waals surface area contributed by atoms with Crippen molar-refractivity contribution in [1.82, 2.24) is 24.2 Å². The van der Waals surface area contributed by atoms with E-state index >= 15 is 0 Å². The lowest BCUT2D eigenvalue weighted by Crippen LogP contribution is -2.41. The minimum atomic E-state index is -4.05. The van der Waals surface area contributed by atoms with Crippen molar-refractivity contribution in [2.24, 2.45) is 0 Å². The van der Waals surface area contributed by atoms with Gasteiger partial charge in [0.25, 0.3) is 15.9 Å². The van der Waals surface area contributed by atoms with Crippen LogP contribution in [0.15, 0.2) is 65.0 Å². The molecule has 0 aliphatic carbocycles. The zero-order valence-corrected chi connectivity index (χ0v) is 29.0. The minimum Gasteiger partial charge on any atom is -0.495 e. The molecule has 0 bridgehead atoms. The highest BCUT2D eigenvalue weighted by Gasteiger charge is 2.33. The lowest BCUT2D eigenvalue weighted by molar-refractivity contribution is -0.119. The molecule has 0 fully saturated rings. The molecule has 15 heteroatoms. The molecular formula is C33H36N8O5S2. The molecule has 0 saturated heterocycles. The highest BCUT2D eigenvalue weighted by Crippen LogP contribution is 2.41. The van der Waals surface area contributed by atoms with E-state index < -0.39 is 10.0 Å². The maximum absolute atomic E-state index is 13.9. The first-order valence-corrected chi connectivity index (χ1v) is 17.5. The van der Waals surface area contributed by atoms with Crippen LogP contribution in [-0.2, 0) is 21.2 Å². The summed E-state index contributed by atoms with van der Waals surface area (Å²) in [6, 6.07) is 13.6. The monoisotopic (exact) mass is 688 g/mol. The van der Waals surface area contributed by atoms with Gasteiger partial charge in [0.1, 0.15) is 16.4 Å². The molecule has 48 heavy (non-hydrogen) atoms. The number of benzene rings is 2. The summed E-state index contributed by atoms with van der Waals surface area (Å²) in [7, 11) is 2.75. The van der Waals surface area contributed by atoms with Crippen LogP contribution in [0.5, 0.6) is 5.75 Å². The normalized spacial score (nSPS) is 14.3. The number of amides is 2. The summed E-state index contributed by atoms with van der Waals surface area (Å²) in [6.07, 6.45) is 2.10. The topological polar surface area (TPSA) is 151 Å². The first-order valence-electron chi connectivity index (χ1n) is 15.1. The number of ether oxygens (including phenoxy) is 1. The van der Waals surface area contributed by atoms with Gasteiger partial charge in [-0.05, 0) is 81.7 Å². The molecule has 13 nitrogen and oxygen atoms in total. The Morgan fingerprint density at radius 1 is 1.06 bits per heavy atom. The second kappa shape index (κ2) is 12.9. The van der Waals surface area contributed by atoms with E-state index in [1.54, 1.807) is 60.8 Å². The van der Waals surface area contributed by atoms with Crippen molar-refractivity contribution in [3.8, 4) is 5.75 Å². The van der Waals surface area contributed by atoms with Crippen LogP contribution in [0.1, 0.15) is 27.7 Å². The van der Waals surface area contributed by atoms with Crippen molar-refractivity contribution in [3.05, 3.63) is 76.1 Å². The Morgan fingerprint density at radius 3 is 2.50 bits per heavy atom. The fourth-order valence-corrected chi connectivity index (χ4v) is 7.83. The number of aromatic nitrogens is 3. The van der Waals surface area contributed by atoms with Crippen LogP contribution >= 0.6 is 11.3 Å². The first kappa shape index (κ1) is 32.9. The predicted octanol–water partition coefficient (Wildman–Crippen LogP) is 4.73. The van der Waals surface area contributed by atoms with Crippen molar-refractivity contribution >= 4 is 73.0 Å². The molecule has 1 aliphatic rings. The van der Waals surface area contributed by atoms with Gasteiger partial charge >= 0.3 is 0 Å². The van der Waals surface area contributed by atoms with Gasteiger partial charge in [0.15, 0.2) is 5.65 Å². The summed E-state index contributed by atoms with van der Waals surface area (Å²) >= 11 is 1.26. The quantitative estimate of drug-likeness (QED) is 0.188. The molecule has 4 heterocycles. The van der Waals surface area contributed by atoms with Gasteiger partial charge in [-0.15, -0.1) is 11.3 Å². The third kappa shape index (κ3) is 6.07. The summed E-state index contributed by atoms with van der Waals surface area (Å²) < 4.78 is 34.6. The van der Waals surface area contributed by atoms with Crippen molar-refractivity contribution in [2.75, 3.05) is 50.3 Å². The van der Waals surface area contributed by atoms with E-state index in [0.29, 0.717) is 33.8 Å². The number of nitrogens with one attached hydrogen (secondary N) is 3. The average Bonchev–Trinajstić information content (AvgIpc) is 3.77. The number of nitrogens with zero attached hydrogens (tertiary/aromatic N) is 5. The Balaban J connectivity index is 1.48. The third-order valence-electron chi connectivity index (χ3n) is 8.02. The Morgan fingerprint density at radius 2 is 1.81 bits per heavy atom. The fraction of sp³-hybridized carbons (Fsp3) is 0.273. The van der Waals surface area contributed by atoms with Crippen molar-refractivity contribution < 1.29 is 22.7 Å². The maximum Gasteiger partial charge on any atom is 0.269 e. The van der Waals surface area contributed by atoms with Crippen LogP contribution in [0.3, 0.4) is 0 Å². The van der Waals surface area contributed by atoms with Gasteiger partial charge in [-0.1, -0.05) is 17.7 Å². The number of likely N-dealkylation sites (N-methyl/N-ethyl adjacent to an activating group) is 1.